The van der Waals surface area contributed by atoms with Gasteiger partial charge in [0.2, 0.25) is 0 Å². The van der Waals surface area contributed by atoms with Crippen LogP contribution < -0.4 is 10.1 Å². The van der Waals surface area contributed by atoms with Crippen LogP contribution in [0.4, 0.5) is 0 Å². The average Bonchev–Trinajstić information content (AvgIpc) is 3.30. The number of ether oxygens (including phenoxy) is 1. The van der Waals surface area contributed by atoms with E-state index in [1.54, 1.807) is 0 Å². The monoisotopic (exact) mass is 276 g/mol. The van der Waals surface area contributed by atoms with E-state index in [4.69, 9.17) is 4.74 Å². The second-order valence-electron chi connectivity index (χ2n) is 5.28. The van der Waals surface area contributed by atoms with Crippen molar-refractivity contribution in [3.63, 3.8) is 0 Å². The Kier molecular flexibility index (Phi) is 5.01. The average molecular weight is 276 g/mol. The molecular formula is C16H24N2O2. The van der Waals surface area contributed by atoms with E-state index < -0.39 is 0 Å². The van der Waals surface area contributed by atoms with Gasteiger partial charge in [0.05, 0.1) is 0 Å². The maximum absolute atomic E-state index is 12.1. The van der Waals surface area contributed by atoms with Gasteiger partial charge in [0.1, 0.15) is 5.75 Å². The van der Waals surface area contributed by atoms with Crippen molar-refractivity contribution in [3.8, 4) is 5.75 Å². The summed E-state index contributed by atoms with van der Waals surface area (Å²) in [5.41, 5.74) is 1.16. The van der Waals surface area contributed by atoms with Crippen LogP contribution in [0.2, 0.25) is 0 Å². The summed E-state index contributed by atoms with van der Waals surface area (Å²) in [6.07, 6.45) is 2.27. The third-order valence-corrected chi connectivity index (χ3v) is 3.80. The number of hydrogen-bond donors (Lipinski definition) is 1. The molecule has 0 aliphatic heterocycles. The molecule has 1 amide bonds. The number of amides is 1. The van der Waals surface area contributed by atoms with Crippen molar-refractivity contribution in [1.29, 1.82) is 0 Å². The van der Waals surface area contributed by atoms with Gasteiger partial charge in [-0.3, -0.25) is 4.79 Å². The van der Waals surface area contributed by atoms with Crippen molar-refractivity contribution in [3.05, 3.63) is 29.8 Å². The van der Waals surface area contributed by atoms with Crippen LogP contribution in [0.15, 0.2) is 24.3 Å². The van der Waals surface area contributed by atoms with Crippen LogP contribution in [0.5, 0.6) is 5.75 Å². The molecule has 0 heterocycles. The normalized spacial score (nSPS) is 15.8. The highest BCUT2D eigenvalue weighted by atomic mass is 16.5. The van der Waals surface area contributed by atoms with Crippen LogP contribution >= 0.6 is 0 Å². The summed E-state index contributed by atoms with van der Waals surface area (Å²) in [6.45, 7) is 5.01. The Morgan fingerprint density at radius 1 is 1.50 bits per heavy atom. The van der Waals surface area contributed by atoms with Crippen molar-refractivity contribution in [2.75, 3.05) is 20.2 Å². The van der Waals surface area contributed by atoms with Crippen LogP contribution in [0.25, 0.3) is 0 Å². The van der Waals surface area contributed by atoms with Crippen molar-refractivity contribution in [2.45, 2.75) is 38.8 Å². The molecule has 2 rings (SSSR count). The summed E-state index contributed by atoms with van der Waals surface area (Å²) in [4.78, 5) is 14.0. The highest BCUT2D eigenvalue weighted by Gasteiger charge is 2.31. The van der Waals surface area contributed by atoms with Crippen molar-refractivity contribution in [1.82, 2.24) is 10.2 Å². The quantitative estimate of drug-likeness (QED) is 0.831. The van der Waals surface area contributed by atoms with Gasteiger partial charge in [-0.15, -0.1) is 0 Å². The fourth-order valence-electron chi connectivity index (χ4n) is 2.29. The van der Waals surface area contributed by atoms with E-state index in [1.165, 1.54) is 0 Å². The Hall–Kier alpha value is -1.55. The predicted octanol–water partition coefficient (Wildman–Crippen LogP) is 2.36. The number of hydrogen-bond acceptors (Lipinski definition) is 3. The predicted molar refractivity (Wildman–Crippen MR) is 79.8 cm³/mol. The minimum absolute atomic E-state index is 0.0852. The van der Waals surface area contributed by atoms with Gasteiger partial charge in [0.15, 0.2) is 6.61 Å². The van der Waals surface area contributed by atoms with Gasteiger partial charge in [-0.1, -0.05) is 12.1 Å². The van der Waals surface area contributed by atoms with E-state index in [1.807, 2.05) is 37.1 Å². The third-order valence-electron chi connectivity index (χ3n) is 3.80. The van der Waals surface area contributed by atoms with Crippen LogP contribution in [-0.4, -0.2) is 37.0 Å². The molecule has 1 aliphatic carbocycles. The van der Waals surface area contributed by atoms with Gasteiger partial charge in [-0.25, -0.2) is 0 Å². The van der Waals surface area contributed by atoms with Crippen molar-refractivity contribution in [2.24, 2.45) is 0 Å². The number of carbonyl (C=O) groups excluding carboxylic acids is 1. The number of nitrogens with one attached hydrogen (secondary N) is 1. The topological polar surface area (TPSA) is 41.6 Å². The molecule has 1 atom stereocenters. The summed E-state index contributed by atoms with van der Waals surface area (Å²) in [6, 6.07) is 8.62. The van der Waals surface area contributed by atoms with E-state index >= 15 is 0 Å². The Bertz CT molecular complexity index is 458. The lowest BCUT2D eigenvalue weighted by Crippen LogP contribution is -2.36. The first-order chi connectivity index (χ1) is 9.65. The molecule has 0 saturated heterocycles. The van der Waals surface area contributed by atoms with Gasteiger partial charge < -0.3 is 15.0 Å². The first-order valence-corrected chi connectivity index (χ1v) is 7.35. The van der Waals surface area contributed by atoms with Crippen molar-refractivity contribution < 1.29 is 9.53 Å². The Labute approximate surface area is 121 Å². The van der Waals surface area contributed by atoms with Gasteiger partial charge in [0.25, 0.3) is 5.91 Å². The van der Waals surface area contributed by atoms with E-state index in [0.29, 0.717) is 6.04 Å². The van der Waals surface area contributed by atoms with Crippen LogP contribution in [0.3, 0.4) is 0 Å². The second-order valence-corrected chi connectivity index (χ2v) is 5.28. The van der Waals surface area contributed by atoms with Gasteiger partial charge >= 0.3 is 0 Å². The zero-order valence-corrected chi connectivity index (χ0v) is 12.6. The first-order valence-electron chi connectivity index (χ1n) is 7.35. The third kappa shape index (κ3) is 3.73. The summed E-state index contributed by atoms with van der Waals surface area (Å²) < 4.78 is 5.64. The van der Waals surface area contributed by atoms with E-state index in [-0.39, 0.29) is 18.6 Å². The van der Waals surface area contributed by atoms with E-state index in [9.17, 15) is 4.79 Å². The number of nitrogens with zero attached hydrogens (tertiary/aromatic N) is 1. The summed E-state index contributed by atoms with van der Waals surface area (Å²) in [5, 5.41) is 3.19. The molecule has 1 aromatic rings. The summed E-state index contributed by atoms with van der Waals surface area (Å²) >= 11 is 0. The fourth-order valence-corrected chi connectivity index (χ4v) is 2.29. The summed E-state index contributed by atoms with van der Waals surface area (Å²) in [5.74, 6) is 0.840. The molecule has 0 spiro atoms. The molecule has 0 aromatic heterocycles. The molecular weight excluding hydrogens is 252 g/mol. The fraction of sp³-hybridized carbons (Fsp3) is 0.562. The highest BCUT2D eigenvalue weighted by Crippen LogP contribution is 2.26. The van der Waals surface area contributed by atoms with Crippen molar-refractivity contribution >= 4 is 5.91 Å². The van der Waals surface area contributed by atoms with Crippen LogP contribution in [0, 0.1) is 0 Å². The highest BCUT2D eigenvalue weighted by molar-refractivity contribution is 5.78. The minimum Gasteiger partial charge on any atom is -0.484 e. The molecule has 4 heteroatoms. The lowest BCUT2D eigenvalue weighted by Gasteiger charge is -2.20. The lowest BCUT2D eigenvalue weighted by atomic mass is 10.1. The molecule has 0 bridgehead atoms. The number of benzene rings is 1. The molecule has 1 unspecified atom stereocenters. The molecule has 0 radical (unpaired) electrons. The standard InChI is InChI=1S/C16H24N2O2/c1-4-18(14-8-9-14)16(19)11-20-15-7-5-6-13(10-15)12(2)17-3/h5-7,10,12,14,17H,4,8-9,11H2,1-3H3. The number of rotatable bonds is 7. The van der Waals surface area contributed by atoms with E-state index in [2.05, 4.69) is 18.3 Å². The first kappa shape index (κ1) is 14.9. The molecule has 110 valence electrons. The molecule has 1 aromatic carbocycles. The largest absolute Gasteiger partial charge is 0.484 e. The van der Waals surface area contributed by atoms with Gasteiger partial charge in [-0.2, -0.15) is 0 Å². The molecule has 1 saturated carbocycles. The SMILES string of the molecule is CCN(C(=O)COc1cccc(C(C)NC)c1)C1CC1. The smallest absolute Gasteiger partial charge is 0.260 e. The summed E-state index contributed by atoms with van der Waals surface area (Å²) in [7, 11) is 1.93. The van der Waals surface area contributed by atoms with Crippen LogP contribution in [-0.2, 0) is 4.79 Å². The van der Waals surface area contributed by atoms with Gasteiger partial charge in [0, 0.05) is 18.6 Å². The number of likely N-dealkylation sites (N-methyl/N-ethyl adjacent to an activating group) is 1. The molecule has 1 fully saturated rings. The Balaban J connectivity index is 1.91. The maximum Gasteiger partial charge on any atom is 0.260 e. The van der Waals surface area contributed by atoms with E-state index in [0.717, 1.165) is 30.7 Å². The number of carbonyl (C=O) groups is 1. The molecule has 4 nitrogen and oxygen atoms in total. The van der Waals surface area contributed by atoms with Gasteiger partial charge in [-0.05, 0) is 51.4 Å². The van der Waals surface area contributed by atoms with Crippen LogP contribution in [0.1, 0.15) is 38.3 Å². The molecule has 1 aliphatic rings. The molecule has 20 heavy (non-hydrogen) atoms. The Morgan fingerprint density at radius 2 is 2.25 bits per heavy atom. The lowest BCUT2D eigenvalue weighted by molar-refractivity contribution is -0.133. The maximum atomic E-state index is 12.1. The second kappa shape index (κ2) is 6.75. The minimum atomic E-state index is 0.0852. The zero-order valence-electron chi connectivity index (χ0n) is 12.6. The molecule has 1 N–H and O–H groups in total. The zero-order chi connectivity index (χ0) is 14.5. The Morgan fingerprint density at radius 3 is 2.85 bits per heavy atom.